The van der Waals surface area contributed by atoms with Crippen LogP contribution in [0.4, 0.5) is 5.82 Å². The lowest BCUT2D eigenvalue weighted by molar-refractivity contribution is 0.0738. The third-order valence-corrected chi connectivity index (χ3v) is 4.72. The normalized spacial score (nSPS) is 24.5. The number of nitrogens with zero attached hydrogens (tertiary/aromatic N) is 3. The number of rotatable bonds is 4. The van der Waals surface area contributed by atoms with Crippen LogP contribution in [0, 0.1) is 0 Å². The Morgan fingerprint density at radius 3 is 2.65 bits per heavy atom. The summed E-state index contributed by atoms with van der Waals surface area (Å²) in [6, 6.07) is 11.6. The lowest BCUT2D eigenvalue weighted by atomic mass is 9.85. The summed E-state index contributed by atoms with van der Waals surface area (Å²) in [5, 5.41) is 10.3. The molecule has 120 valence electrons. The van der Waals surface area contributed by atoms with Gasteiger partial charge >= 0.3 is 0 Å². The maximum Gasteiger partial charge on any atom is 0.144 e. The Hall–Kier alpha value is -2.14. The maximum atomic E-state index is 10.3. The topological polar surface area (TPSA) is 58.5 Å². The number of para-hydroxylation sites is 1. The Bertz CT molecular complexity index is 660. The first kappa shape index (κ1) is 14.5. The van der Waals surface area contributed by atoms with Gasteiger partial charge in [-0.3, -0.25) is 0 Å². The molecular weight excluding hydrogens is 290 g/mol. The van der Waals surface area contributed by atoms with Gasteiger partial charge in [-0.15, -0.1) is 0 Å². The van der Waals surface area contributed by atoms with Gasteiger partial charge in [-0.05, 0) is 31.0 Å². The third kappa shape index (κ3) is 3.01. The first-order valence-electron chi connectivity index (χ1n) is 8.27. The number of ether oxygens (including phenoxy) is 1. The van der Waals surface area contributed by atoms with Crippen molar-refractivity contribution in [1.82, 2.24) is 9.97 Å². The zero-order valence-corrected chi connectivity index (χ0v) is 13.0. The SMILES string of the molecule is O[C@@H]1CN(c2ccnc(C3CCC3)n2)C[C@H]1Oc1ccccc1. The van der Waals surface area contributed by atoms with Gasteiger partial charge in [0.2, 0.25) is 0 Å². The molecule has 2 fully saturated rings. The molecule has 0 unspecified atom stereocenters. The van der Waals surface area contributed by atoms with E-state index in [4.69, 9.17) is 9.72 Å². The van der Waals surface area contributed by atoms with E-state index in [2.05, 4.69) is 9.88 Å². The largest absolute Gasteiger partial charge is 0.486 e. The molecule has 1 aromatic heterocycles. The highest BCUT2D eigenvalue weighted by atomic mass is 16.5. The predicted molar refractivity (Wildman–Crippen MR) is 87.7 cm³/mol. The molecule has 1 aliphatic heterocycles. The lowest BCUT2D eigenvalue weighted by Crippen LogP contribution is -2.30. The summed E-state index contributed by atoms with van der Waals surface area (Å²) in [6.45, 7) is 1.18. The van der Waals surface area contributed by atoms with Crippen molar-refractivity contribution in [3.05, 3.63) is 48.4 Å². The van der Waals surface area contributed by atoms with Gasteiger partial charge in [-0.2, -0.15) is 0 Å². The number of hydrogen-bond acceptors (Lipinski definition) is 5. The van der Waals surface area contributed by atoms with E-state index in [1.54, 1.807) is 0 Å². The molecule has 1 N–H and O–H groups in total. The van der Waals surface area contributed by atoms with E-state index in [0.29, 0.717) is 19.0 Å². The molecule has 1 saturated carbocycles. The molecular formula is C18H21N3O2. The quantitative estimate of drug-likeness (QED) is 0.939. The molecule has 1 aromatic carbocycles. The van der Waals surface area contributed by atoms with Crippen molar-refractivity contribution in [2.75, 3.05) is 18.0 Å². The molecule has 2 atom stereocenters. The van der Waals surface area contributed by atoms with Crippen LogP contribution >= 0.6 is 0 Å². The van der Waals surface area contributed by atoms with Gasteiger partial charge in [-0.1, -0.05) is 24.6 Å². The molecule has 0 spiro atoms. The summed E-state index contributed by atoms with van der Waals surface area (Å²) < 4.78 is 5.91. The predicted octanol–water partition coefficient (Wildman–Crippen LogP) is 2.37. The van der Waals surface area contributed by atoms with Crippen LogP contribution in [0.15, 0.2) is 42.6 Å². The number of aromatic nitrogens is 2. The van der Waals surface area contributed by atoms with Crippen molar-refractivity contribution < 1.29 is 9.84 Å². The van der Waals surface area contributed by atoms with Crippen LogP contribution in [0.25, 0.3) is 0 Å². The molecule has 0 amide bonds. The lowest BCUT2D eigenvalue weighted by Gasteiger charge is -2.25. The van der Waals surface area contributed by atoms with Crippen LogP contribution in [0.1, 0.15) is 31.0 Å². The molecule has 5 heteroatoms. The number of β-amino-alcohol motifs (C(OH)–C–C–N with tert-alkyl or cyclic N) is 1. The van der Waals surface area contributed by atoms with Crippen LogP contribution in [0.2, 0.25) is 0 Å². The molecule has 5 nitrogen and oxygen atoms in total. The molecule has 4 rings (SSSR count). The van der Waals surface area contributed by atoms with E-state index >= 15 is 0 Å². The van der Waals surface area contributed by atoms with Crippen molar-refractivity contribution in [2.24, 2.45) is 0 Å². The van der Waals surface area contributed by atoms with Crippen LogP contribution in [-0.4, -0.2) is 40.4 Å². The molecule has 1 saturated heterocycles. The highest BCUT2D eigenvalue weighted by Gasteiger charge is 2.34. The second kappa shape index (κ2) is 6.16. The van der Waals surface area contributed by atoms with Gasteiger partial charge in [0.15, 0.2) is 0 Å². The minimum absolute atomic E-state index is 0.237. The number of anilines is 1. The monoisotopic (exact) mass is 311 g/mol. The first-order chi connectivity index (χ1) is 11.3. The van der Waals surface area contributed by atoms with Gasteiger partial charge in [0.1, 0.15) is 29.6 Å². The molecule has 2 aliphatic rings. The average molecular weight is 311 g/mol. The van der Waals surface area contributed by atoms with Crippen LogP contribution < -0.4 is 9.64 Å². The summed E-state index contributed by atoms with van der Waals surface area (Å²) in [4.78, 5) is 11.2. The minimum Gasteiger partial charge on any atom is -0.486 e. The maximum absolute atomic E-state index is 10.3. The molecule has 0 radical (unpaired) electrons. The van der Waals surface area contributed by atoms with Crippen LogP contribution in [0.3, 0.4) is 0 Å². The molecule has 1 aliphatic carbocycles. The Labute approximate surface area is 136 Å². The van der Waals surface area contributed by atoms with E-state index in [-0.39, 0.29) is 6.10 Å². The summed E-state index contributed by atoms with van der Waals surface area (Å²) in [6.07, 6.45) is 4.72. The highest BCUT2D eigenvalue weighted by molar-refractivity contribution is 5.40. The number of hydrogen-bond donors (Lipinski definition) is 1. The fraction of sp³-hybridized carbons (Fsp3) is 0.444. The van der Waals surface area contributed by atoms with E-state index < -0.39 is 6.10 Å². The Balaban J connectivity index is 1.46. The Morgan fingerprint density at radius 2 is 1.91 bits per heavy atom. The molecule has 2 aromatic rings. The second-order valence-electron chi connectivity index (χ2n) is 6.34. The Kier molecular flexibility index (Phi) is 3.87. The number of aliphatic hydroxyl groups is 1. The van der Waals surface area contributed by atoms with Crippen molar-refractivity contribution >= 4 is 5.82 Å². The summed E-state index contributed by atoms with van der Waals surface area (Å²) in [5.74, 6) is 3.13. The third-order valence-electron chi connectivity index (χ3n) is 4.72. The van der Waals surface area contributed by atoms with Crippen molar-refractivity contribution in [3.8, 4) is 5.75 Å². The average Bonchev–Trinajstić information content (AvgIpc) is 2.88. The van der Waals surface area contributed by atoms with Crippen molar-refractivity contribution in [2.45, 2.75) is 37.4 Å². The van der Waals surface area contributed by atoms with Gasteiger partial charge in [0.05, 0.1) is 6.54 Å². The van der Waals surface area contributed by atoms with Gasteiger partial charge in [0.25, 0.3) is 0 Å². The fourth-order valence-electron chi connectivity index (χ4n) is 3.14. The van der Waals surface area contributed by atoms with E-state index in [1.165, 1.54) is 19.3 Å². The summed E-state index contributed by atoms with van der Waals surface area (Å²) in [7, 11) is 0. The van der Waals surface area contributed by atoms with E-state index in [9.17, 15) is 5.11 Å². The Morgan fingerprint density at radius 1 is 1.09 bits per heavy atom. The van der Waals surface area contributed by atoms with Crippen LogP contribution in [-0.2, 0) is 0 Å². The second-order valence-corrected chi connectivity index (χ2v) is 6.34. The highest BCUT2D eigenvalue weighted by Crippen LogP contribution is 2.35. The van der Waals surface area contributed by atoms with Gasteiger partial charge in [-0.25, -0.2) is 9.97 Å². The van der Waals surface area contributed by atoms with E-state index in [1.807, 2.05) is 42.6 Å². The minimum atomic E-state index is -0.516. The standard InChI is InChI=1S/C18H21N3O2/c22-15-11-21(12-16(15)23-14-7-2-1-3-8-14)17-9-10-19-18(20-17)13-5-4-6-13/h1-3,7-10,13,15-16,22H,4-6,11-12H2/t15-,16-/m1/s1. The van der Waals surface area contributed by atoms with Gasteiger partial charge in [0, 0.05) is 18.7 Å². The van der Waals surface area contributed by atoms with Crippen LogP contribution in [0.5, 0.6) is 5.75 Å². The number of aliphatic hydroxyl groups excluding tert-OH is 1. The first-order valence-corrected chi connectivity index (χ1v) is 8.27. The summed E-state index contributed by atoms with van der Waals surface area (Å²) >= 11 is 0. The molecule has 0 bridgehead atoms. The zero-order valence-electron chi connectivity index (χ0n) is 13.0. The molecule has 23 heavy (non-hydrogen) atoms. The fourth-order valence-corrected chi connectivity index (χ4v) is 3.14. The summed E-state index contributed by atoms with van der Waals surface area (Å²) in [5.41, 5.74) is 0. The smallest absolute Gasteiger partial charge is 0.144 e. The zero-order chi connectivity index (χ0) is 15.6. The van der Waals surface area contributed by atoms with Crippen molar-refractivity contribution in [1.29, 1.82) is 0 Å². The van der Waals surface area contributed by atoms with Crippen molar-refractivity contribution in [3.63, 3.8) is 0 Å². The van der Waals surface area contributed by atoms with E-state index in [0.717, 1.165) is 17.4 Å². The van der Waals surface area contributed by atoms with Gasteiger partial charge < -0.3 is 14.7 Å². The number of benzene rings is 1. The molecule has 2 heterocycles.